The lowest BCUT2D eigenvalue weighted by Crippen LogP contribution is -2.44. The predicted octanol–water partition coefficient (Wildman–Crippen LogP) is 1.68. The molecule has 1 aliphatic rings. The van der Waals surface area contributed by atoms with E-state index in [2.05, 4.69) is 34.5 Å². The number of carbonyl (C=O) groups is 2. The topological polar surface area (TPSA) is 52.7 Å². The first-order valence-corrected chi connectivity index (χ1v) is 8.88. The lowest BCUT2D eigenvalue weighted by molar-refractivity contribution is -0.135. The van der Waals surface area contributed by atoms with Crippen LogP contribution in [0.2, 0.25) is 0 Å². The van der Waals surface area contributed by atoms with Crippen molar-refractivity contribution in [2.24, 2.45) is 0 Å². The Morgan fingerprint density at radius 1 is 1.29 bits per heavy atom. The molecule has 1 aromatic rings. The predicted molar refractivity (Wildman–Crippen MR) is 95.7 cm³/mol. The zero-order valence-electron chi connectivity index (χ0n) is 14.8. The standard InChI is InChI=1S/C19H29N3O2/c1-3-11-20-18(23)14-21(2)19(24)15-22-12-7-10-17(22)13-16-8-5-4-6-9-16/h4-6,8-9,17H,3,7,10-15H2,1-2H3,(H,20,23). The highest BCUT2D eigenvalue weighted by Crippen LogP contribution is 2.21. The zero-order chi connectivity index (χ0) is 17.4. The summed E-state index contributed by atoms with van der Waals surface area (Å²) in [6.45, 7) is 4.16. The van der Waals surface area contributed by atoms with Crippen LogP contribution in [0.5, 0.6) is 0 Å². The maximum absolute atomic E-state index is 12.4. The normalized spacial score (nSPS) is 17.7. The molecule has 0 saturated carbocycles. The van der Waals surface area contributed by atoms with Crippen molar-refractivity contribution in [3.8, 4) is 0 Å². The summed E-state index contributed by atoms with van der Waals surface area (Å²) < 4.78 is 0. The molecule has 1 unspecified atom stereocenters. The van der Waals surface area contributed by atoms with Gasteiger partial charge in [-0.3, -0.25) is 14.5 Å². The van der Waals surface area contributed by atoms with Crippen LogP contribution in [0, 0.1) is 0 Å². The smallest absolute Gasteiger partial charge is 0.239 e. The molecule has 2 amide bonds. The highest BCUT2D eigenvalue weighted by Gasteiger charge is 2.27. The molecule has 1 saturated heterocycles. The first-order valence-electron chi connectivity index (χ1n) is 8.88. The van der Waals surface area contributed by atoms with E-state index in [1.165, 1.54) is 10.5 Å². The third-order valence-corrected chi connectivity index (χ3v) is 4.53. The zero-order valence-corrected chi connectivity index (χ0v) is 14.8. The van der Waals surface area contributed by atoms with Gasteiger partial charge < -0.3 is 10.2 Å². The number of hydrogen-bond donors (Lipinski definition) is 1. The van der Waals surface area contributed by atoms with Crippen molar-refractivity contribution in [2.75, 3.05) is 33.2 Å². The number of carbonyl (C=O) groups excluding carboxylic acids is 2. The summed E-state index contributed by atoms with van der Waals surface area (Å²) in [6, 6.07) is 10.8. The molecule has 1 atom stereocenters. The number of amides is 2. The Balaban J connectivity index is 1.82. The van der Waals surface area contributed by atoms with Crippen molar-refractivity contribution in [3.63, 3.8) is 0 Å². The summed E-state index contributed by atoms with van der Waals surface area (Å²) in [5, 5.41) is 2.81. The molecular weight excluding hydrogens is 302 g/mol. The molecule has 0 bridgehead atoms. The van der Waals surface area contributed by atoms with Crippen LogP contribution < -0.4 is 5.32 Å². The minimum Gasteiger partial charge on any atom is -0.355 e. The summed E-state index contributed by atoms with van der Waals surface area (Å²) in [6.07, 6.45) is 4.14. The molecule has 1 fully saturated rings. The lowest BCUT2D eigenvalue weighted by Gasteiger charge is -2.26. The van der Waals surface area contributed by atoms with Crippen molar-refractivity contribution in [1.82, 2.24) is 15.1 Å². The van der Waals surface area contributed by atoms with E-state index in [0.717, 1.165) is 32.2 Å². The fraction of sp³-hybridized carbons (Fsp3) is 0.579. The molecule has 132 valence electrons. The van der Waals surface area contributed by atoms with Gasteiger partial charge in [0.25, 0.3) is 0 Å². The average Bonchev–Trinajstić information content (AvgIpc) is 3.00. The molecule has 24 heavy (non-hydrogen) atoms. The van der Waals surface area contributed by atoms with Crippen molar-refractivity contribution >= 4 is 11.8 Å². The molecule has 1 heterocycles. The lowest BCUT2D eigenvalue weighted by atomic mass is 10.0. The third kappa shape index (κ3) is 5.64. The second kappa shape index (κ2) is 9.42. The van der Waals surface area contributed by atoms with Gasteiger partial charge in [0.05, 0.1) is 13.1 Å². The summed E-state index contributed by atoms with van der Waals surface area (Å²) >= 11 is 0. The van der Waals surface area contributed by atoms with E-state index in [4.69, 9.17) is 0 Å². The molecule has 2 rings (SSSR count). The van der Waals surface area contributed by atoms with E-state index in [1.54, 1.807) is 7.05 Å². The molecule has 5 nitrogen and oxygen atoms in total. The van der Waals surface area contributed by atoms with Gasteiger partial charge in [0, 0.05) is 19.6 Å². The first-order chi connectivity index (χ1) is 11.6. The first kappa shape index (κ1) is 18.5. The molecule has 1 aromatic carbocycles. The van der Waals surface area contributed by atoms with Gasteiger partial charge in [-0.1, -0.05) is 37.3 Å². The SMILES string of the molecule is CCCNC(=O)CN(C)C(=O)CN1CCCC1Cc1ccccc1. The summed E-state index contributed by atoms with van der Waals surface area (Å²) in [5.74, 6) is -0.0726. The largest absolute Gasteiger partial charge is 0.355 e. The van der Waals surface area contributed by atoms with Gasteiger partial charge in [-0.15, -0.1) is 0 Å². The molecule has 5 heteroatoms. The number of nitrogens with one attached hydrogen (secondary N) is 1. The van der Waals surface area contributed by atoms with Gasteiger partial charge >= 0.3 is 0 Å². The monoisotopic (exact) mass is 331 g/mol. The summed E-state index contributed by atoms with van der Waals surface area (Å²) in [7, 11) is 1.70. The van der Waals surface area contributed by atoms with Gasteiger partial charge in [-0.25, -0.2) is 0 Å². The van der Waals surface area contributed by atoms with Gasteiger partial charge in [0.2, 0.25) is 11.8 Å². The summed E-state index contributed by atoms with van der Waals surface area (Å²) in [5.41, 5.74) is 1.31. The van der Waals surface area contributed by atoms with Crippen LogP contribution in [0.1, 0.15) is 31.7 Å². The van der Waals surface area contributed by atoms with Gasteiger partial charge in [0.1, 0.15) is 0 Å². The number of benzene rings is 1. The van der Waals surface area contributed by atoms with Crippen LogP contribution in [-0.4, -0.2) is 60.9 Å². The van der Waals surface area contributed by atoms with E-state index in [0.29, 0.717) is 19.1 Å². The van der Waals surface area contributed by atoms with Crippen molar-refractivity contribution < 1.29 is 9.59 Å². The number of rotatable bonds is 8. The Morgan fingerprint density at radius 2 is 2.04 bits per heavy atom. The van der Waals surface area contributed by atoms with Crippen LogP contribution >= 0.6 is 0 Å². The highest BCUT2D eigenvalue weighted by atomic mass is 16.2. The Morgan fingerprint density at radius 3 is 2.75 bits per heavy atom. The summed E-state index contributed by atoms with van der Waals surface area (Å²) in [4.78, 5) is 27.9. The van der Waals surface area contributed by atoms with E-state index >= 15 is 0 Å². The van der Waals surface area contributed by atoms with Crippen molar-refractivity contribution in [2.45, 2.75) is 38.6 Å². The molecule has 0 radical (unpaired) electrons. The molecule has 0 spiro atoms. The number of hydrogen-bond acceptors (Lipinski definition) is 3. The fourth-order valence-corrected chi connectivity index (χ4v) is 3.14. The van der Waals surface area contributed by atoms with Crippen LogP contribution in [0.25, 0.3) is 0 Å². The number of likely N-dealkylation sites (N-methyl/N-ethyl adjacent to an activating group) is 1. The van der Waals surface area contributed by atoms with Crippen molar-refractivity contribution in [3.05, 3.63) is 35.9 Å². The van der Waals surface area contributed by atoms with E-state index in [-0.39, 0.29) is 18.4 Å². The van der Waals surface area contributed by atoms with Crippen molar-refractivity contribution in [1.29, 1.82) is 0 Å². The van der Waals surface area contributed by atoms with E-state index in [9.17, 15) is 9.59 Å². The minimum absolute atomic E-state index is 0.0154. The maximum Gasteiger partial charge on any atom is 0.239 e. The Labute approximate surface area is 145 Å². The minimum atomic E-state index is -0.0880. The van der Waals surface area contributed by atoms with Crippen LogP contribution in [0.4, 0.5) is 0 Å². The molecule has 1 N–H and O–H groups in total. The van der Waals surface area contributed by atoms with E-state index in [1.807, 2.05) is 13.0 Å². The van der Waals surface area contributed by atoms with Gasteiger partial charge in [0.15, 0.2) is 0 Å². The van der Waals surface area contributed by atoms with Crippen LogP contribution in [-0.2, 0) is 16.0 Å². The third-order valence-electron chi connectivity index (χ3n) is 4.53. The van der Waals surface area contributed by atoms with Gasteiger partial charge in [-0.05, 0) is 37.8 Å². The molecule has 0 aliphatic carbocycles. The average molecular weight is 331 g/mol. The Kier molecular flexibility index (Phi) is 7.25. The second-order valence-corrected chi connectivity index (χ2v) is 6.56. The van der Waals surface area contributed by atoms with E-state index < -0.39 is 0 Å². The highest BCUT2D eigenvalue weighted by molar-refractivity contribution is 5.85. The molecule has 1 aliphatic heterocycles. The van der Waals surface area contributed by atoms with Crippen LogP contribution in [0.3, 0.4) is 0 Å². The molecule has 0 aromatic heterocycles. The van der Waals surface area contributed by atoms with Gasteiger partial charge in [-0.2, -0.15) is 0 Å². The fourth-order valence-electron chi connectivity index (χ4n) is 3.14. The second-order valence-electron chi connectivity index (χ2n) is 6.56. The number of likely N-dealkylation sites (tertiary alicyclic amines) is 1. The quantitative estimate of drug-likeness (QED) is 0.788. The maximum atomic E-state index is 12.4. The molecular formula is C19H29N3O2. The number of nitrogens with zero attached hydrogens (tertiary/aromatic N) is 2. The van der Waals surface area contributed by atoms with Crippen LogP contribution in [0.15, 0.2) is 30.3 Å². The Hall–Kier alpha value is -1.88. The Bertz CT molecular complexity index is 533.